The van der Waals surface area contributed by atoms with Gasteiger partial charge in [-0.1, -0.05) is 6.07 Å². The van der Waals surface area contributed by atoms with E-state index in [0.717, 1.165) is 49.5 Å². The molecule has 1 aliphatic rings. The normalized spacial score (nSPS) is 15.8. The number of hydrogen-bond acceptors (Lipinski definition) is 5. The zero-order valence-corrected chi connectivity index (χ0v) is 16.9. The summed E-state index contributed by atoms with van der Waals surface area (Å²) >= 11 is 1.79. The highest BCUT2D eigenvalue weighted by Crippen LogP contribution is 2.21. The van der Waals surface area contributed by atoms with E-state index in [-0.39, 0.29) is 11.9 Å². The number of carbonyl (C=O) groups excluding carboxylic acids is 1. The smallest absolute Gasteiger partial charge is 0.255 e. The van der Waals surface area contributed by atoms with Gasteiger partial charge in [-0.15, -0.1) is 11.3 Å². The largest absolute Gasteiger partial charge is 0.336 e. The van der Waals surface area contributed by atoms with Crippen LogP contribution in [0.25, 0.3) is 11.0 Å². The molecule has 0 aliphatic carbocycles. The highest BCUT2D eigenvalue weighted by molar-refractivity contribution is 7.09. The lowest BCUT2D eigenvalue weighted by Crippen LogP contribution is -2.48. The van der Waals surface area contributed by atoms with Crippen LogP contribution in [0.5, 0.6) is 0 Å². The molecule has 0 spiro atoms. The van der Waals surface area contributed by atoms with Gasteiger partial charge in [0.1, 0.15) is 0 Å². The summed E-state index contributed by atoms with van der Waals surface area (Å²) in [5.74, 6) is 0.0787. The van der Waals surface area contributed by atoms with E-state index in [4.69, 9.17) is 0 Å². The molecule has 0 bridgehead atoms. The Morgan fingerprint density at radius 2 is 2.04 bits per heavy atom. The van der Waals surface area contributed by atoms with Gasteiger partial charge in [-0.3, -0.25) is 9.69 Å². The fourth-order valence-corrected chi connectivity index (χ4v) is 4.31. The number of hydrogen-bond donors (Lipinski definition) is 0. The maximum Gasteiger partial charge on any atom is 0.255 e. The van der Waals surface area contributed by atoms with Crippen molar-refractivity contribution in [2.75, 3.05) is 26.2 Å². The average Bonchev–Trinajstić information content (AvgIpc) is 3.30. The van der Waals surface area contributed by atoms with Crippen LogP contribution in [0, 0.1) is 6.92 Å². The van der Waals surface area contributed by atoms with Gasteiger partial charge >= 0.3 is 0 Å². The molecule has 7 heteroatoms. The van der Waals surface area contributed by atoms with Crippen LogP contribution < -0.4 is 0 Å². The lowest BCUT2D eigenvalue weighted by molar-refractivity contribution is 0.0628. The molecule has 6 nitrogen and oxygen atoms in total. The van der Waals surface area contributed by atoms with Crippen molar-refractivity contribution in [3.63, 3.8) is 0 Å². The molecule has 0 saturated carbocycles. The lowest BCUT2D eigenvalue weighted by Gasteiger charge is -2.34. The third-order valence-corrected chi connectivity index (χ3v) is 5.96. The van der Waals surface area contributed by atoms with E-state index in [9.17, 15) is 4.79 Å². The summed E-state index contributed by atoms with van der Waals surface area (Å²) in [5.41, 5.74) is 2.31. The second kappa shape index (κ2) is 7.40. The molecule has 1 aliphatic heterocycles. The Morgan fingerprint density at radius 3 is 2.70 bits per heavy atom. The van der Waals surface area contributed by atoms with Crippen LogP contribution in [0.3, 0.4) is 0 Å². The van der Waals surface area contributed by atoms with Gasteiger partial charge in [0, 0.05) is 49.0 Å². The molecule has 0 radical (unpaired) electrons. The first-order chi connectivity index (χ1) is 13.0. The summed E-state index contributed by atoms with van der Waals surface area (Å²) in [6.07, 6.45) is 1.80. The Bertz CT molecular complexity index is 939. The van der Waals surface area contributed by atoms with E-state index in [1.807, 2.05) is 22.6 Å². The Kier molecular flexibility index (Phi) is 4.97. The highest BCUT2D eigenvalue weighted by Gasteiger charge is 2.24. The van der Waals surface area contributed by atoms with Crippen LogP contribution in [0.2, 0.25) is 0 Å². The van der Waals surface area contributed by atoms with Crippen molar-refractivity contribution < 1.29 is 4.79 Å². The molecule has 3 aromatic rings. The monoisotopic (exact) mass is 383 g/mol. The maximum absolute atomic E-state index is 13.1. The van der Waals surface area contributed by atoms with Crippen LogP contribution in [0.4, 0.5) is 0 Å². The maximum atomic E-state index is 13.1. The van der Waals surface area contributed by atoms with Crippen LogP contribution in [0.15, 0.2) is 29.8 Å². The second-order valence-corrected chi connectivity index (χ2v) is 8.40. The Balaban J connectivity index is 1.47. The summed E-state index contributed by atoms with van der Waals surface area (Å²) < 4.78 is 1.90. The zero-order chi connectivity index (χ0) is 19.0. The third kappa shape index (κ3) is 3.61. The number of fused-ring (bicyclic) bond motifs is 1. The molecule has 0 N–H and O–H groups in total. The second-order valence-electron chi connectivity index (χ2n) is 7.36. The van der Waals surface area contributed by atoms with Crippen molar-refractivity contribution in [3.8, 4) is 0 Å². The van der Waals surface area contributed by atoms with Gasteiger partial charge in [0.25, 0.3) is 5.91 Å². The lowest BCUT2D eigenvalue weighted by atomic mass is 10.1. The van der Waals surface area contributed by atoms with Crippen molar-refractivity contribution >= 4 is 28.3 Å². The SMILES string of the molecule is Cc1nc2c(cnn2C(C)C)cc1C(=O)N1CCN(Cc2cccs2)CC1. The van der Waals surface area contributed by atoms with Crippen molar-refractivity contribution in [2.24, 2.45) is 0 Å². The highest BCUT2D eigenvalue weighted by atomic mass is 32.1. The number of carbonyl (C=O) groups is 1. The van der Waals surface area contributed by atoms with E-state index in [1.165, 1.54) is 4.88 Å². The van der Waals surface area contributed by atoms with Crippen molar-refractivity contribution in [1.29, 1.82) is 0 Å². The zero-order valence-electron chi connectivity index (χ0n) is 16.1. The Morgan fingerprint density at radius 1 is 1.26 bits per heavy atom. The minimum absolute atomic E-state index is 0.0787. The Labute approximate surface area is 163 Å². The summed E-state index contributed by atoms with van der Waals surface area (Å²) in [4.78, 5) is 23.5. The van der Waals surface area contributed by atoms with Gasteiger partial charge in [0.2, 0.25) is 0 Å². The van der Waals surface area contributed by atoms with Gasteiger partial charge in [-0.05, 0) is 38.3 Å². The number of aryl methyl sites for hydroxylation is 1. The van der Waals surface area contributed by atoms with Gasteiger partial charge in [-0.25, -0.2) is 9.67 Å². The minimum Gasteiger partial charge on any atom is -0.336 e. The topological polar surface area (TPSA) is 54.3 Å². The van der Waals surface area contributed by atoms with E-state index in [1.54, 1.807) is 17.5 Å². The molecule has 3 aromatic heterocycles. The van der Waals surface area contributed by atoms with E-state index in [0.29, 0.717) is 5.56 Å². The fourth-order valence-electron chi connectivity index (χ4n) is 3.56. The molecule has 4 heterocycles. The average molecular weight is 384 g/mol. The molecule has 1 fully saturated rings. The third-order valence-electron chi connectivity index (χ3n) is 5.10. The first kappa shape index (κ1) is 18.1. The fraction of sp³-hybridized carbons (Fsp3) is 0.450. The predicted octanol–water partition coefficient (Wildman–Crippen LogP) is 3.34. The van der Waals surface area contributed by atoms with Crippen LogP contribution >= 0.6 is 11.3 Å². The Hall–Kier alpha value is -2.25. The summed E-state index contributed by atoms with van der Waals surface area (Å²) in [6.45, 7) is 10.4. The van der Waals surface area contributed by atoms with Gasteiger partial charge < -0.3 is 4.90 Å². The summed E-state index contributed by atoms with van der Waals surface area (Å²) in [7, 11) is 0. The molecule has 1 amide bonds. The summed E-state index contributed by atoms with van der Waals surface area (Å²) in [5, 5.41) is 7.46. The standard InChI is InChI=1S/C20H25N5OS/c1-14(2)25-19-16(12-21-25)11-18(15(3)22-19)20(26)24-8-6-23(7-9-24)13-17-5-4-10-27-17/h4-5,10-12,14H,6-9,13H2,1-3H3. The molecule has 0 aromatic carbocycles. The van der Waals surface area contributed by atoms with Gasteiger partial charge in [-0.2, -0.15) is 5.10 Å². The molecule has 142 valence electrons. The van der Waals surface area contributed by atoms with Crippen LogP contribution in [0.1, 0.15) is 40.8 Å². The van der Waals surface area contributed by atoms with Crippen molar-refractivity contribution in [1.82, 2.24) is 24.6 Å². The van der Waals surface area contributed by atoms with Gasteiger partial charge in [0.05, 0.1) is 17.5 Å². The predicted molar refractivity (Wildman–Crippen MR) is 108 cm³/mol. The van der Waals surface area contributed by atoms with Crippen LogP contribution in [-0.4, -0.2) is 56.7 Å². The molecular formula is C20H25N5OS. The summed E-state index contributed by atoms with van der Waals surface area (Å²) in [6, 6.07) is 6.45. The molecule has 4 rings (SSSR count). The van der Waals surface area contributed by atoms with Crippen molar-refractivity contribution in [2.45, 2.75) is 33.4 Å². The number of amides is 1. The van der Waals surface area contributed by atoms with E-state index < -0.39 is 0 Å². The number of piperazine rings is 1. The number of thiophene rings is 1. The number of nitrogens with zero attached hydrogens (tertiary/aromatic N) is 5. The van der Waals surface area contributed by atoms with E-state index in [2.05, 4.69) is 46.3 Å². The minimum atomic E-state index is 0.0787. The molecule has 1 saturated heterocycles. The van der Waals surface area contributed by atoms with Crippen LogP contribution in [-0.2, 0) is 6.54 Å². The van der Waals surface area contributed by atoms with E-state index >= 15 is 0 Å². The number of pyridine rings is 1. The number of rotatable bonds is 4. The quantitative estimate of drug-likeness (QED) is 0.693. The van der Waals surface area contributed by atoms with Gasteiger partial charge in [0.15, 0.2) is 5.65 Å². The first-order valence-electron chi connectivity index (χ1n) is 9.42. The molecular weight excluding hydrogens is 358 g/mol. The molecule has 27 heavy (non-hydrogen) atoms. The van der Waals surface area contributed by atoms with Crippen molar-refractivity contribution in [3.05, 3.63) is 45.9 Å². The first-order valence-corrected chi connectivity index (χ1v) is 10.3. The molecule has 0 atom stereocenters. The number of aromatic nitrogens is 3. The molecule has 0 unspecified atom stereocenters.